The maximum atomic E-state index is 11.8. The summed E-state index contributed by atoms with van der Waals surface area (Å²) in [7, 11) is -2.09. The molecule has 1 unspecified atom stereocenters. The molecule has 104 valence electrons. The van der Waals surface area contributed by atoms with Crippen LogP contribution in [0.3, 0.4) is 0 Å². The zero-order chi connectivity index (χ0) is 13.5. The first-order chi connectivity index (χ1) is 7.70. The zero-order valence-corrected chi connectivity index (χ0v) is 10.2. The Hall–Kier alpha value is -0.180. The zero-order valence-electron chi connectivity index (χ0n) is 9.27. The molecule has 0 saturated heterocycles. The van der Waals surface area contributed by atoms with Crippen LogP contribution >= 0.6 is 7.82 Å². The van der Waals surface area contributed by atoms with Crippen LogP contribution in [-0.4, -0.2) is 51.2 Å². The molecule has 10 heteroatoms. The predicted octanol–water partition coefficient (Wildman–Crippen LogP) is 1.34. The molecular formula is C7H14F3O6P. The number of rotatable bonds is 8. The molecule has 0 fully saturated rings. The van der Waals surface area contributed by atoms with Crippen molar-refractivity contribution in [2.45, 2.75) is 12.3 Å². The first kappa shape index (κ1) is 16.8. The van der Waals surface area contributed by atoms with Gasteiger partial charge in [0.15, 0.2) is 0 Å². The molecule has 0 aromatic carbocycles. The maximum Gasteiger partial charge on any atom is 0.472 e. The number of methoxy groups -OCH3 is 1. The number of hydrogen-bond donors (Lipinski definition) is 1. The minimum absolute atomic E-state index is 0.203. The van der Waals surface area contributed by atoms with Crippen LogP contribution in [0.5, 0.6) is 0 Å². The van der Waals surface area contributed by atoms with Crippen LogP contribution < -0.4 is 0 Å². The van der Waals surface area contributed by atoms with Gasteiger partial charge in [-0.1, -0.05) is 0 Å². The molecule has 17 heavy (non-hydrogen) atoms. The van der Waals surface area contributed by atoms with Crippen LogP contribution in [0.2, 0.25) is 0 Å². The highest BCUT2D eigenvalue weighted by atomic mass is 31.2. The Morgan fingerprint density at radius 3 is 2.29 bits per heavy atom. The van der Waals surface area contributed by atoms with E-state index < -0.39 is 33.3 Å². The van der Waals surface area contributed by atoms with Gasteiger partial charge in [0.1, 0.15) is 12.7 Å². The van der Waals surface area contributed by atoms with Gasteiger partial charge in [-0.25, -0.2) is 4.57 Å². The fraction of sp³-hybridized carbons (Fsp3) is 1.00. The topological polar surface area (TPSA) is 74.2 Å². The lowest BCUT2D eigenvalue weighted by molar-refractivity contribution is -0.179. The largest absolute Gasteiger partial charge is 0.472 e. The van der Waals surface area contributed by atoms with E-state index in [0.717, 1.165) is 7.11 Å². The lowest BCUT2D eigenvalue weighted by Crippen LogP contribution is -2.27. The van der Waals surface area contributed by atoms with Gasteiger partial charge in [0.2, 0.25) is 0 Å². The number of halogens is 3. The minimum Gasteiger partial charge on any atom is -0.382 e. The third kappa shape index (κ3) is 9.51. The van der Waals surface area contributed by atoms with Crippen molar-refractivity contribution in [2.75, 3.05) is 34.0 Å². The van der Waals surface area contributed by atoms with E-state index in [1.54, 1.807) is 0 Å². The molecule has 0 radical (unpaired) electrons. The molecule has 0 bridgehead atoms. The second-order valence-electron chi connectivity index (χ2n) is 2.96. The Kier molecular flexibility index (Phi) is 7.22. The Morgan fingerprint density at radius 1 is 1.29 bits per heavy atom. The van der Waals surface area contributed by atoms with Gasteiger partial charge in [0.05, 0.1) is 13.2 Å². The molecule has 0 amide bonds. The third-order valence-corrected chi connectivity index (χ3v) is 2.46. The number of phosphoric acid groups is 1. The van der Waals surface area contributed by atoms with Crippen LogP contribution in [0.4, 0.5) is 13.2 Å². The summed E-state index contributed by atoms with van der Waals surface area (Å²) in [5.41, 5.74) is 0. The highest BCUT2D eigenvalue weighted by Gasteiger charge is 2.30. The molecule has 0 spiro atoms. The quantitative estimate of drug-likeness (QED) is 0.677. The fourth-order valence-corrected chi connectivity index (χ4v) is 1.42. The first-order valence-electron chi connectivity index (χ1n) is 4.40. The average Bonchev–Trinajstić information content (AvgIpc) is 2.15. The Labute approximate surface area is 96.2 Å². The van der Waals surface area contributed by atoms with Crippen molar-refractivity contribution < 1.29 is 41.2 Å². The van der Waals surface area contributed by atoms with Crippen LogP contribution in [-0.2, 0) is 23.1 Å². The van der Waals surface area contributed by atoms with E-state index in [0.29, 0.717) is 0 Å². The highest BCUT2D eigenvalue weighted by molar-refractivity contribution is 7.47. The molecule has 0 rings (SSSR count). The van der Waals surface area contributed by atoms with Crippen molar-refractivity contribution in [3.05, 3.63) is 0 Å². The number of alkyl halides is 3. The summed E-state index contributed by atoms with van der Waals surface area (Å²) in [6.45, 7) is -2.22. The summed E-state index contributed by atoms with van der Waals surface area (Å²) >= 11 is 0. The van der Waals surface area contributed by atoms with Crippen LogP contribution in [0.15, 0.2) is 0 Å². The van der Waals surface area contributed by atoms with Crippen molar-refractivity contribution in [3.63, 3.8) is 0 Å². The lowest BCUT2D eigenvalue weighted by atomic mass is 10.4. The molecular weight excluding hydrogens is 268 g/mol. The van der Waals surface area contributed by atoms with Crippen molar-refractivity contribution in [2.24, 2.45) is 0 Å². The Bertz CT molecular complexity index is 258. The van der Waals surface area contributed by atoms with Gasteiger partial charge >= 0.3 is 14.0 Å². The Balaban J connectivity index is 4.12. The Morgan fingerprint density at radius 2 is 1.88 bits per heavy atom. The van der Waals surface area contributed by atoms with Gasteiger partial charge in [-0.2, -0.15) is 13.2 Å². The molecule has 0 saturated carbocycles. The summed E-state index contributed by atoms with van der Waals surface area (Å²) < 4.78 is 63.8. The standard InChI is InChI=1S/C7H14F3O6P/c1-13-3-6(16-17(11,12)14-2)4-15-5-7(8,9)10/h6H,3-5H2,1-2H3,(H,11,12)/t6-/m1/s1. The molecule has 0 aromatic heterocycles. The summed E-state index contributed by atoms with van der Waals surface area (Å²) in [6, 6.07) is 0. The molecule has 0 aliphatic carbocycles. The van der Waals surface area contributed by atoms with Gasteiger partial charge in [-0.05, 0) is 0 Å². The molecule has 1 N–H and O–H groups in total. The van der Waals surface area contributed by atoms with Crippen molar-refractivity contribution in [1.29, 1.82) is 0 Å². The average molecular weight is 282 g/mol. The number of phosphoric ester groups is 1. The van der Waals surface area contributed by atoms with Gasteiger partial charge in [0.25, 0.3) is 0 Å². The SMILES string of the molecule is COC[C@H](COCC(F)(F)F)OP(=O)(O)OC. The molecule has 0 aromatic rings. The van der Waals surface area contributed by atoms with E-state index in [9.17, 15) is 17.7 Å². The highest BCUT2D eigenvalue weighted by Crippen LogP contribution is 2.43. The summed E-state index contributed by atoms with van der Waals surface area (Å²) in [5.74, 6) is 0. The molecule has 0 aliphatic rings. The van der Waals surface area contributed by atoms with Crippen molar-refractivity contribution in [1.82, 2.24) is 0 Å². The second kappa shape index (κ2) is 7.30. The van der Waals surface area contributed by atoms with Crippen LogP contribution in [0.1, 0.15) is 0 Å². The van der Waals surface area contributed by atoms with Crippen LogP contribution in [0.25, 0.3) is 0 Å². The van der Waals surface area contributed by atoms with Gasteiger partial charge < -0.3 is 14.4 Å². The molecule has 0 aliphatic heterocycles. The minimum atomic E-state index is -4.47. The van der Waals surface area contributed by atoms with E-state index in [-0.39, 0.29) is 6.61 Å². The van der Waals surface area contributed by atoms with E-state index >= 15 is 0 Å². The molecule has 2 atom stereocenters. The van der Waals surface area contributed by atoms with Gasteiger partial charge in [-0.15, -0.1) is 0 Å². The van der Waals surface area contributed by atoms with Crippen molar-refractivity contribution >= 4 is 7.82 Å². The number of hydrogen-bond acceptors (Lipinski definition) is 5. The van der Waals surface area contributed by atoms with Gasteiger partial charge in [-0.3, -0.25) is 9.05 Å². The summed E-state index contributed by atoms with van der Waals surface area (Å²) in [4.78, 5) is 8.96. The number of ether oxygens (including phenoxy) is 2. The van der Waals surface area contributed by atoms with E-state index in [2.05, 4.69) is 18.5 Å². The second-order valence-corrected chi connectivity index (χ2v) is 4.48. The van der Waals surface area contributed by atoms with E-state index in [4.69, 9.17) is 4.89 Å². The summed E-state index contributed by atoms with van der Waals surface area (Å²) in [6.07, 6.45) is -5.60. The lowest BCUT2D eigenvalue weighted by Gasteiger charge is -2.19. The van der Waals surface area contributed by atoms with E-state index in [1.807, 2.05) is 0 Å². The van der Waals surface area contributed by atoms with Crippen LogP contribution in [0, 0.1) is 0 Å². The van der Waals surface area contributed by atoms with Crippen molar-refractivity contribution in [3.8, 4) is 0 Å². The fourth-order valence-electron chi connectivity index (χ4n) is 0.832. The maximum absolute atomic E-state index is 11.8. The predicted molar refractivity (Wildman–Crippen MR) is 50.5 cm³/mol. The third-order valence-electron chi connectivity index (χ3n) is 1.44. The first-order valence-corrected chi connectivity index (χ1v) is 5.90. The molecule has 0 heterocycles. The summed E-state index contributed by atoms with van der Waals surface area (Å²) in [5, 5.41) is 0. The molecule has 6 nitrogen and oxygen atoms in total. The monoisotopic (exact) mass is 282 g/mol. The smallest absolute Gasteiger partial charge is 0.382 e. The van der Waals surface area contributed by atoms with Gasteiger partial charge in [0, 0.05) is 14.2 Å². The normalized spacial score (nSPS) is 17.8. The van der Waals surface area contributed by atoms with E-state index in [1.165, 1.54) is 7.11 Å².